The molecule has 3 aliphatic rings. The van der Waals surface area contributed by atoms with Crippen molar-refractivity contribution in [3.05, 3.63) is 10.6 Å². The number of nitrogens with one attached hydrogen (secondary N) is 3. The number of thiazole rings is 1. The summed E-state index contributed by atoms with van der Waals surface area (Å²) in [4.78, 5) is 32.5. The van der Waals surface area contributed by atoms with E-state index in [2.05, 4.69) is 25.8 Å². The van der Waals surface area contributed by atoms with Crippen molar-refractivity contribution in [3.63, 3.8) is 0 Å². The summed E-state index contributed by atoms with van der Waals surface area (Å²) in [5, 5.41) is 9.79. The van der Waals surface area contributed by atoms with Crippen LogP contribution in [0.15, 0.2) is 0 Å². The lowest BCUT2D eigenvalue weighted by atomic mass is 9.95. The summed E-state index contributed by atoms with van der Waals surface area (Å²) in [5.41, 5.74) is 1.06. The molecule has 0 atom stereocenters. The Labute approximate surface area is 170 Å². The van der Waals surface area contributed by atoms with E-state index in [-0.39, 0.29) is 11.9 Å². The van der Waals surface area contributed by atoms with Crippen molar-refractivity contribution < 1.29 is 9.59 Å². The number of urea groups is 1. The van der Waals surface area contributed by atoms with Gasteiger partial charge in [0.1, 0.15) is 0 Å². The zero-order valence-electron chi connectivity index (χ0n) is 16.5. The number of aromatic nitrogens is 1. The molecule has 28 heavy (non-hydrogen) atoms. The first kappa shape index (κ1) is 19.6. The first-order valence-electron chi connectivity index (χ1n) is 10.7. The maximum absolute atomic E-state index is 12.4. The molecule has 0 radical (unpaired) electrons. The molecule has 0 aromatic carbocycles. The molecule has 1 aromatic heterocycles. The highest BCUT2D eigenvalue weighted by atomic mass is 32.1. The van der Waals surface area contributed by atoms with Gasteiger partial charge in [-0.1, -0.05) is 32.1 Å². The Morgan fingerprint density at radius 3 is 2.43 bits per heavy atom. The van der Waals surface area contributed by atoms with Gasteiger partial charge in [-0.25, -0.2) is 9.78 Å². The number of nitrogens with zero attached hydrogens (tertiary/aromatic N) is 2. The van der Waals surface area contributed by atoms with E-state index in [1.807, 2.05) is 0 Å². The summed E-state index contributed by atoms with van der Waals surface area (Å²) < 4.78 is 0. The minimum absolute atomic E-state index is 0.133. The first-order valence-corrected chi connectivity index (χ1v) is 11.5. The van der Waals surface area contributed by atoms with Gasteiger partial charge in [0, 0.05) is 36.5 Å². The van der Waals surface area contributed by atoms with E-state index < -0.39 is 0 Å². The molecular formula is C20H31N5O2S. The first-order chi connectivity index (χ1) is 13.7. The van der Waals surface area contributed by atoms with Crippen LogP contribution in [-0.2, 0) is 17.8 Å². The summed E-state index contributed by atoms with van der Waals surface area (Å²) in [5.74, 6) is 0.133. The van der Waals surface area contributed by atoms with Crippen molar-refractivity contribution in [1.29, 1.82) is 0 Å². The van der Waals surface area contributed by atoms with Crippen molar-refractivity contribution in [2.75, 3.05) is 18.4 Å². The Kier molecular flexibility index (Phi) is 6.47. The number of carbonyl (C=O) groups excluding carboxylic acids is 2. The number of amides is 3. The second-order valence-electron chi connectivity index (χ2n) is 8.33. The average Bonchev–Trinajstić information content (AvgIpc) is 3.31. The van der Waals surface area contributed by atoms with Gasteiger partial charge in [0.2, 0.25) is 5.91 Å². The Balaban J connectivity index is 1.25. The Morgan fingerprint density at radius 1 is 1.00 bits per heavy atom. The lowest BCUT2D eigenvalue weighted by molar-refractivity contribution is -0.123. The molecule has 4 rings (SSSR count). The van der Waals surface area contributed by atoms with E-state index in [4.69, 9.17) is 0 Å². The van der Waals surface area contributed by atoms with Crippen molar-refractivity contribution in [2.24, 2.45) is 0 Å². The fourth-order valence-electron chi connectivity index (χ4n) is 4.55. The monoisotopic (exact) mass is 405 g/mol. The number of hydrogen-bond donors (Lipinski definition) is 3. The third-order valence-corrected chi connectivity index (χ3v) is 7.06. The van der Waals surface area contributed by atoms with Crippen molar-refractivity contribution in [2.45, 2.75) is 82.8 Å². The fourth-order valence-corrected chi connectivity index (χ4v) is 5.59. The average molecular weight is 406 g/mol. The van der Waals surface area contributed by atoms with Gasteiger partial charge in [-0.05, 0) is 25.7 Å². The van der Waals surface area contributed by atoms with Gasteiger partial charge >= 0.3 is 6.03 Å². The smallest absolute Gasteiger partial charge is 0.321 e. The summed E-state index contributed by atoms with van der Waals surface area (Å²) in [7, 11) is 0. The molecule has 7 nitrogen and oxygen atoms in total. The molecule has 3 N–H and O–H groups in total. The topological polar surface area (TPSA) is 86.4 Å². The van der Waals surface area contributed by atoms with E-state index >= 15 is 0 Å². The molecule has 3 amide bonds. The molecule has 2 aliphatic carbocycles. The SMILES string of the molecule is O=C(CN1CCc2nc(NC(=O)NC3CCCC3)sc2C1)NC1CCCCC1. The van der Waals surface area contributed by atoms with E-state index in [9.17, 15) is 9.59 Å². The minimum Gasteiger partial charge on any atom is -0.352 e. The van der Waals surface area contributed by atoms with Crippen LogP contribution in [0.2, 0.25) is 0 Å². The summed E-state index contributed by atoms with van der Waals surface area (Å²) in [6.45, 7) is 2.01. The molecule has 2 heterocycles. The van der Waals surface area contributed by atoms with Gasteiger partial charge in [0.15, 0.2) is 5.13 Å². The van der Waals surface area contributed by atoms with Crippen LogP contribution in [0.3, 0.4) is 0 Å². The predicted octanol–water partition coefficient (Wildman–Crippen LogP) is 3.01. The third kappa shape index (κ3) is 5.23. The second kappa shape index (κ2) is 9.22. The molecule has 0 saturated heterocycles. The molecule has 154 valence electrons. The van der Waals surface area contributed by atoms with Gasteiger partial charge in [-0.2, -0.15) is 0 Å². The maximum Gasteiger partial charge on any atom is 0.321 e. The van der Waals surface area contributed by atoms with Crippen LogP contribution in [0, 0.1) is 0 Å². The lowest BCUT2D eigenvalue weighted by Crippen LogP contribution is -2.44. The maximum atomic E-state index is 12.4. The van der Waals surface area contributed by atoms with Gasteiger partial charge in [-0.15, -0.1) is 11.3 Å². The highest BCUT2D eigenvalue weighted by Crippen LogP contribution is 2.28. The zero-order valence-corrected chi connectivity index (χ0v) is 17.3. The zero-order chi connectivity index (χ0) is 19.3. The predicted molar refractivity (Wildman–Crippen MR) is 111 cm³/mol. The van der Waals surface area contributed by atoms with Crippen LogP contribution in [-0.4, -0.2) is 47.0 Å². The van der Waals surface area contributed by atoms with Crippen LogP contribution >= 0.6 is 11.3 Å². The molecule has 1 aliphatic heterocycles. The van der Waals surface area contributed by atoms with Crippen LogP contribution in [0.4, 0.5) is 9.93 Å². The van der Waals surface area contributed by atoms with E-state index in [0.717, 1.165) is 55.8 Å². The highest BCUT2D eigenvalue weighted by Gasteiger charge is 2.24. The van der Waals surface area contributed by atoms with Crippen molar-refractivity contribution >= 4 is 28.4 Å². The number of carbonyl (C=O) groups is 2. The Hall–Kier alpha value is -1.67. The Bertz CT molecular complexity index is 695. The highest BCUT2D eigenvalue weighted by molar-refractivity contribution is 7.15. The summed E-state index contributed by atoms with van der Waals surface area (Å²) in [6.07, 6.45) is 11.3. The van der Waals surface area contributed by atoms with Crippen molar-refractivity contribution in [1.82, 2.24) is 20.5 Å². The molecule has 2 saturated carbocycles. The molecule has 8 heteroatoms. The van der Waals surface area contributed by atoms with Crippen molar-refractivity contribution in [3.8, 4) is 0 Å². The molecule has 2 fully saturated rings. The van der Waals surface area contributed by atoms with E-state index in [1.54, 1.807) is 0 Å². The Morgan fingerprint density at radius 2 is 1.68 bits per heavy atom. The normalized spacial score (nSPS) is 21.3. The van der Waals surface area contributed by atoms with E-state index in [1.165, 1.54) is 43.4 Å². The van der Waals surface area contributed by atoms with Crippen LogP contribution in [0.25, 0.3) is 0 Å². The quantitative estimate of drug-likeness (QED) is 0.703. The number of fused-ring (bicyclic) bond motifs is 1. The number of hydrogen-bond acceptors (Lipinski definition) is 5. The minimum atomic E-state index is -0.151. The van der Waals surface area contributed by atoms with Gasteiger partial charge in [0.05, 0.1) is 12.2 Å². The largest absolute Gasteiger partial charge is 0.352 e. The van der Waals surface area contributed by atoms with Crippen LogP contribution in [0.5, 0.6) is 0 Å². The molecule has 0 spiro atoms. The second-order valence-corrected chi connectivity index (χ2v) is 9.42. The lowest BCUT2D eigenvalue weighted by Gasteiger charge is -2.27. The fraction of sp³-hybridized carbons (Fsp3) is 0.750. The number of rotatable bonds is 5. The standard InChI is InChI=1S/C20H31N5O2S/c26-18(21-14-6-2-1-3-7-14)13-25-11-10-16-17(12-25)28-20(23-16)24-19(27)22-15-8-4-5-9-15/h14-15H,1-13H2,(H,21,26)(H2,22,23,24,27). The molecule has 1 aromatic rings. The molecule has 0 unspecified atom stereocenters. The number of anilines is 1. The van der Waals surface area contributed by atoms with Gasteiger partial charge in [-0.3, -0.25) is 15.0 Å². The van der Waals surface area contributed by atoms with Gasteiger partial charge in [0.25, 0.3) is 0 Å². The van der Waals surface area contributed by atoms with Crippen LogP contribution in [0.1, 0.15) is 68.4 Å². The van der Waals surface area contributed by atoms with Crippen LogP contribution < -0.4 is 16.0 Å². The summed E-state index contributed by atoms with van der Waals surface area (Å²) >= 11 is 1.53. The molecule has 0 bridgehead atoms. The third-order valence-electron chi connectivity index (χ3n) is 6.06. The summed E-state index contributed by atoms with van der Waals surface area (Å²) in [6, 6.07) is 0.508. The molecular weight excluding hydrogens is 374 g/mol. The van der Waals surface area contributed by atoms with Gasteiger partial charge < -0.3 is 10.6 Å². The van der Waals surface area contributed by atoms with E-state index in [0.29, 0.717) is 23.8 Å².